The molecular weight excluding hydrogens is 112 g/mol. The van der Waals surface area contributed by atoms with Crippen molar-refractivity contribution in [3.63, 3.8) is 0 Å². The molecular formula is C7H8N2. The normalized spacial score (nSPS) is 10.2. The lowest BCUT2D eigenvalue weighted by atomic mass is 10.3. The van der Waals surface area contributed by atoms with E-state index in [1.54, 1.807) is 6.08 Å². The molecule has 1 heterocycles. The summed E-state index contributed by atoms with van der Waals surface area (Å²) < 4.78 is 0. The molecule has 0 bridgehead atoms. The van der Waals surface area contributed by atoms with Crippen molar-refractivity contribution in [2.75, 3.05) is 0 Å². The molecule has 0 saturated carbocycles. The number of nitrogens with one attached hydrogen (secondary N) is 2. The van der Waals surface area contributed by atoms with Gasteiger partial charge >= 0.3 is 0 Å². The zero-order valence-electron chi connectivity index (χ0n) is 4.96. The second kappa shape index (κ2) is 2.87. The first-order valence-electron chi connectivity index (χ1n) is 2.73. The van der Waals surface area contributed by atoms with E-state index in [9.17, 15) is 0 Å². The van der Waals surface area contributed by atoms with E-state index in [2.05, 4.69) is 4.98 Å². The van der Waals surface area contributed by atoms with Gasteiger partial charge in [-0.25, -0.2) is 0 Å². The van der Waals surface area contributed by atoms with Crippen LogP contribution >= 0.6 is 0 Å². The van der Waals surface area contributed by atoms with E-state index < -0.39 is 0 Å². The summed E-state index contributed by atoms with van der Waals surface area (Å²) in [6.45, 7) is 0. The Kier molecular flexibility index (Phi) is 1.85. The molecule has 0 aliphatic carbocycles. The molecule has 2 N–H and O–H groups in total. The fourth-order valence-corrected chi connectivity index (χ4v) is 0.600. The van der Waals surface area contributed by atoms with Crippen LogP contribution in [0.1, 0.15) is 5.56 Å². The molecule has 0 aliphatic heterocycles. The Morgan fingerprint density at radius 3 is 3.00 bits per heavy atom. The van der Waals surface area contributed by atoms with Crippen LogP contribution in [0.2, 0.25) is 0 Å². The van der Waals surface area contributed by atoms with Crippen molar-refractivity contribution in [3.05, 3.63) is 30.1 Å². The first kappa shape index (κ1) is 5.82. The van der Waals surface area contributed by atoms with Crippen LogP contribution in [0, 0.1) is 5.41 Å². The van der Waals surface area contributed by atoms with Crippen LogP contribution in [-0.4, -0.2) is 11.2 Å². The molecule has 1 aromatic rings. The van der Waals surface area contributed by atoms with Gasteiger partial charge in [0.05, 0.1) is 0 Å². The summed E-state index contributed by atoms with van der Waals surface area (Å²) in [6, 6.07) is 1.94. The lowest BCUT2D eigenvalue weighted by Gasteiger charge is -1.75. The van der Waals surface area contributed by atoms with Crippen molar-refractivity contribution in [2.24, 2.45) is 0 Å². The molecule has 2 nitrogen and oxygen atoms in total. The Balaban J connectivity index is 2.67. The zero-order valence-corrected chi connectivity index (χ0v) is 4.96. The van der Waals surface area contributed by atoms with Crippen molar-refractivity contribution < 1.29 is 0 Å². The number of allylic oxidation sites excluding steroid dienone is 1. The number of rotatable bonds is 2. The maximum atomic E-state index is 6.68. The number of hydrogen-bond acceptors (Lipinski definition) is 1. The average Bonchev–Trinajstić information content (AvgIpc) is 2.34. The highest BCUT2D eigenvalue weighted by Gasteiger charge is 1.79. The summed E-state index contributed by atoms with van der Waals surface area (Å²) in [5, 5.41) is 6.68. The van der Waals surface area contributed by atoms with Gasteiger partial charge in [0.2, 0.25) is 0 Å². The van der Waals surface area contributed by atoms with Crippen LogP contribution in [0.25, 0.3) is 6.08 Å². The molecule has 0 aliphatic rings. The Morgan fingerprint density at radius 2 is 2.44 bits per heavy atom. The van der Waals surface area contributed by atoms with Crippen molar-refractivity contribution in [2.45, 2.75) is 0 Å². The Bertz CT molecular complexity index is 197. The summed E-state index contributed by atoms with van der Waals surface area (Å²) in [5.74, 6) is 0. The lowest BCUT2D eigenvalue weighted by Crippen LogP contribution is -1.60. The van der Waals surface area contributed by atoms with Crippen molar-refractivity contribution in [1.82, 2.24) is 4.98 Å². The minimum absolute atomic E-state index is 1.10. The molecule has 46 valence electrons. The van der Waals surface area contributed by atoms with E-state index in [0.717, 1.165) is 5.56 Å². The molecule has 9 heavy (non-hydrogen) atoms. The first-order valence-corrected chi connectivity index (χ1v) is 2.73. The molecule has 0 atom stereocenters. The molecule has 0 amide bonds. The molecule has 2 heteroatoms. The van der Waals surface area contributed by atoms with E-state index in [4.69, 9.17) is 5.41 Å². The van der Waals surface area contributed by atoms with Crippen LogP contribution < -0.4 is 0 Å². The van der Waals surface area contributed by atoms with E-state index >= 15 is 0 Å². The van der Waals surface area contributed by atoms with Gasteiger partial charge in [0.1, 0.15) is 0 Å². The van der Waals surface area contributed by atoms with Gasteiger partial charge in [0, 0.05) is 18.6 Å². The van der Waals surface area contributed by atoms with Crippen LogP contribution in [0.5, 0.6) is 0 Å². The van der Waals surface area contributed by atoms with Crippen molar-refractivity contribution >= 4 is 12.3 Å². The Morgan fingerprint density at radius 1 is 1.56 bits per heavy atom. The van der Waals surface area contributed by atoms with E-state index in [0.29, 0.717) is 0 Å². The highest BCUT2D eigenvalue weighted by atomic mass is 14.6. The van der Waals surface area contributed by atoms with Crippen LogP contribution in [-0.2, 0) is 0 Å². The number of hydrogen-bond donors (Lipinski definition) is 2. The fraction of sp³-hybridized carbons (Fsp3) is 0. The predicted octanol–water partition coefficient (Wildman–Crippen LogP) is 1.68. The van der Waals surface area contributed by atoms with Crippen LogP contribution in [0.4, 0.5) is 0 Å². The molecule has 0 saturated heterocycles. The molecule has 0 fully saturated rings. The standard InChI is InChI=1S/C7H8N2/c8-4-1-2-7-3-5-9-6-7/h1-6,8-9H/b2-1+,8-4?. The monoisotopic (exact) mass is 120 g/mol. The molecule has 0 aromatic carbocycles. The minimum atomic E-state index is 1.10. The van der Waals surface area contributed by atoms with E-state index in [1.165, 1.54) is 6.21 Å². The highest BCUT2D eigenvalue weighted by molar-refractivity contribution is 5.75. The number of aromatic amines is 1. The third-order valence-electron chi connectivity index (χ3n) is 1.01. The second-order valence-corrected chi connectivity index (χ2v) is 1.67. The maximum absolute atomic E-state index is 6.68. The third-order valence-corrected chi connectivity index (χ3v) is 1.01. The number of H-pyrrole nitrogens is 1. The maximum Gasteiger partial charge on any atom is 0.0177 e. The summed E-state index contributed by atoms with van der Waals surface area (Å²) in [5.41, 5.74) is 1.10. The van der Waals surface area contributed by atoms with Crippen molar-refractivity contribution in [1.29, 1.82) is 5.41 Å². The van der Waals surface area contributed by atoms with Gasteiger partial charge in [-0.2, -0.15) is 0 Å². The third kappa shape index (κ3) is 1.57. The molecule has 0 spiro atoms. The van der Waals surface area contributed by atoms with Gasteiger partial charge < -0.3 is 10.4 Å². The van der Waals surface area contributed by atoms with Gasteiger partial charge in [-0.05, 0) is 17.7 Å². The fourth-order valence-electron chi connectivity index (χ4n) is 0.600. The Hall–Kier alpha value is -1.31. The number of aromatic nitrogens is 1. The SMILES string of the molecule is N=C/C=C/c1cc[nH]c1. The molecule has 1 aromatic heterocycles. The topological polar surface area (TPSA) is 39.6 Å². The van der Waals surface area contributed by atoms with Crippen LogP contribution in [0.3, 0.4) is 0 Å². The van der Waals surface area contributed by atoms with Crippen LogP contribution in [0.15, 0.2) is 24.5 Å². The quantitative estimate of drug-likeness (QED) is 0.557. The van der Waals surface area contributed by atoms with Gasteiger partial charge in [-0.1, -0.05) is 6.08 Å². The first-order chi connectivity index (χ1) is 4.43. The minimum Gasteiger partial charge on any atom is -0.367 e. The largest absolute Gasteiger partial charge is 0.367 e. The van der Waals surface area contributed by atoms with Gasteiger partial charge in [-0.15, -0.1) is 0 Å². The lowest BCUT2D eigenvalue weighted by molar-refractivity contribution is 1.41. The summed E-state index contributed by atoms with van der Waals surface area (Å²) in [6.07, 6.45) is 8.53. The van der Waals surface area contributed by atoms with Gasteiger partial charge in [0.25, 0.3) is 0 Å². The van der Waals surface area contributed by atoms with Gasteiger partial charge in [-0.3, -0.25) is 0 Å². The van der Waals surface area contributed by atoms with Gasteiger partial charge in [0.15, 0.2) is 0 Å². The highest BCUT2D eigenvalue weighted by Crippen LogP contribution is 1.97. The van der Waals surface area contributed by atoms with E-state index in [-0.39, 0.29) is 0 Å². The molecule has 0 radical (unpaired) electrons. The average molecular weight is 120 g/mol. The van der Waals surface area contributed by atoms with Crippen molar-refractivity contribution in [3.8, 4) is 0 Å². The second-order valence-electron chi connectivity index (χ2n) is 1.67. The zero-order chi connectivity index (χ0) is 6.53. The summed E-state index contributed by atoms with van der Waals surface area (Å²) in [4.78, 5) is 2.91. The molecule has 0 unspecified atom stereocenters. The Labute approximate surface area is 53.7 Å². The van der Waals surface area contributed by atoms with E-state index in [1.807, 2.05) is 24.5 Å². The molecule has 1 rings (SSSR count). The summed E-state index contributed by atoms with van der Waals surface area (Å²) >= 11 is 0. The smallest absolute Gasteiger partial charge is 0.0177 e. The predicted molar refractivity (Wildman–Crippen MR) is 38.6 cm³/mol. The summed E-state index contributed by atoms with van der Waals surface area (Å²) in [7, 11) is 0.